The predicted molar refractivity (Wildman–Crippen MR) is 114 cm³/mol. The number of rotatable bonds is 5. The number of aromatic amines is 1. The highest BCUT2D eigenvalue weighted by atomic mass is 35.5. The van der Waals surface area contributed by atoms with E-state index in [0.29, 0.717) is 42.6 Å². The van der Waals surface area contributed by atoms with Crippen LogP contribution in [-0.4, -0.2) is 57.6 Å². The van der Waals surface area contributed by atoms with E-state index in [1.807, 2.05) is 29.2 Å². The third-order valence-electron chi connectivity index (χ3n) is 4.81. The van der Waals surface area contributed by atoms with Gasteiger partial charge in [-0.2, -0.15) is 0 Å². The Morgan fingerprint density at radius 2 is 1.97 bits per heavy atom. The summed E-state index contributed by atoms with van der Waals surface area (Å²) in [5.41, 5.74) is 2.34. The summed E-state index contributed by atoms with van der Waals surface area (Å²) in [6.45, 7) is 2.09. The summed E-state index contributed by atoms with van der Waals surface area (Å²) in [4.78, 5) is 34.8. The minimum atomic E-state index is -0.428. The van der Waals surface area contributed by atoms with Crippen LogP contribution >= 0.6 is 23.4 Å². The summed E-state index contributed by atoms with van der Waals surface area (Å²) in [6.07, 6.45) is 0. The van der Waals surface area contributed by atoms with Gasteiger partial charge in [-0.25, -0.2) is 4.98 Å². The van der Waals surface area contributed by atoms with E-state index in [1.54, 1.807) is 17.0 Å². The number of aromatic nitrogens is 2. The summed E-state index contributed by atoms with van der Waals surface area (Å²) in [5.74, 6) is 0.321. The van der Waals surface area contributed by atoms with E-state index in [1.165, 1.54) is 17.8 Å². The second kappa shape index (κ2) is 8.30. The molecule has 0 unspecified atom stereocenters. The van der Waals surface area contributed by atoms with E-state index in [4.69, 9.17) is 11.6 Å². The van der Waals surface area contributed by atoms with Gasteiger partial charge in [0.25, 0.3) is 5.69 Å². The van der Waals surface area contributed by atoms with Crippen molar-refractivity contribution in [2.24, 2.45) is 0 Å². The molecule has 10 heteroatoms. The first-order valence-electron chi connectivity index (χ1n) is 9.05. The van der Waals surface area contributed by atoms with E-state index in [-0.39, 0.29) is 11.6 Å². The number of H-pyrrole nitrogens is 1. The number of amides is 1. The van der Waals surface area contributed by atoms with Crippen LogP contribution in [0.1, 0.15) is 0 Å². The first-order chi connectivity index (χ1) is 14.0. The lowest BCUT2D eigenvalue weighted by atomic mass is 10.2. The number of nitrogens with one attached hydrogen (secondary N) is 1. The summed E-state index contributed by atoms with van der Waals surface area (Å²) >= 11 is 7.27. The van der Waals surface area contributed by atoms with Gasteiger partial charge in [-0.05, 0) is 24.3 Å². The zero-order valence-electron chi connectivity index (χ0n) is 15.4. The number of carbonyl (C=O) groups excluding carboxylic acids is 1. The quantitative estimate of drug-likeness (QED) is 0.377. The van der Waals surface area contributed by atoms with E-state index in [2.05, 4.69) is 9.97 Å². The minimum absolute atomic E-state index is 0.0160. The molecule has 0 atom stereocenters. The maximum absolute atomic E-state index is 12.6. The number of piperazine rings is 1. The lowest BCUT2D eigenvalue weighted by Gasteiger charge is -2.35. The molecule has 2 aromatic carbocycles. The molecule has 29 heavy (non-hydrogen) atoms. The smallest absolute Gasteiger partial charge is 0.294 e. The molecule has 1 N–H and O–H groups in total. The van der Waals surface area contributed by atoms with Gasteiger partial charge in [0.15, 0.2) is 5.16 Å². The maximum Gasteiger partial charge on any atom is 0.294 e. The number of hydrogen-bond donors (Lipinski definition) is 1. The topological polar surface area (TPSA) is 95.4 Å². The van der Waals surface area contributed by atoms with Crippen molar-refractivity contribution < 1.29 is 9.72 Å². The fraction of sp³-hybridized carbons (Fsp3) is 0.263. The Labute approximate surface area is 176 Å². The molecule has 8 nitrogen and oxygen atoms in total. The van der Waals surface area contributed by atoms with Crippen LogP contribution < -0.4 is 4.90 Å². The van der Waals surface area contributed by atoms with Crippen LogP contribution in [0.15, 0.2) is 47.6 Å². The fourth-order valence-electron chi connectivity index (χ4n) is 3.33. The SMILES string of the molecule is O=C(CSc1nc2ccccc2[nH]1)N1CCN(c2ccc(Cl)cc2[N+](=O)[O-])CC1. The molecule has 1 aliphatic heterocycles. The summed E-state index contributed by atoms with van der Waals surface area (Å²) in [5, 5.41) is 12.4. The Bertz CT molecular complexity index is 1030. The van der Waals surface area contributed by atoms with Crippen LogP contribution in [0.3, 0.4) is 0 Å². The van der Waals surface area contributed by atoms with Crippen LogP contribution in [-0.2, 0) is 4.79 Å². The number of anilines is 1. The Kier molecular flexibility index (Phi) is 5.59. The largest absolute Gasteiger partial charge is 0.362 e. The molecule has 1 aromatic heterocycles. The molecule has 3 aromatic rings. The van der Waals surface area contributed by atoms with Crippen molar-refractivity contribution in [1.29, 1.82) is 0 Å². The zero-order chi connectivity index (χ0) is 20.4. The molecule has 0 radical (unpaired) electrons. The highest BCUT2D eigenvalue weighted by Gasteiger charge is 2.26. The van der Waals surface area contributed by atoms with Crippen molar-refractivity contribution in [2.45, 2.75) is 5.16 Å². The normalized spacial score (nSPS) is 14.4. The molecule has 1 fully saturated rings. The highest BCUT2D eigenvalue weighted by molar-refractivity contribution is 7.99. The number of carbonyl (C=O) groups is 1. The number of hydrogen-bond acceptors (Lipinski definition) is 6. The number of nitro groups is 1. The van der Waals surface area contributed by atoms with Gasteiger partial charge in [0.1, 0.15) is 5.69 Å². The number of nitrogens with zero attached hydrogens (tertiary/aromatic N) is 4. The molecule has 0 aliphatic carbocycles. The standard InChI is InChI=1S/C19H18ClN5O3S/c20-13-5-6-16(17(11-13)25(27)28)23-7-9-24(10-8-23)18(26)12-29-19-21-14-3-1-2-4-15(14)22-19/h1-6,11H,7-10,12H2,(H,21,22). The van der Waals surface area contributed by atoms with Crippen LogP contribution in [0, 0.1) is 10.1 Å². The molecular formula is C19H18ClN5O3S. The fourth-order valence-corrected chi connectivity index (χ4v) is 4.28. The Balaban J connectivity index is 1.34. The average Bonchev–Trinajstić information content (AvgIpc) is 3.15. The first kappa shape index (κ1) is 19.5. The number of fused-ring (bicyclic) bond motifs is 1. The molecular weight excluding hydrogens is 414 g/mol. The van der Waals surface area contributed by atoms with Crippen LogP contribution in [0.4, 0.5) is 11.4 Å². The molecule has 2 heterocycles. The second-order valence-electron chi connectivity index (χ2n) is 6.61. The molecule has 150 valence electrons. The summed E-state index contributed by atoms with van der Waals surface area (Å²) < 4.78 is 0. The second-order valence-corrected chi connectivity index (χ2v) is 8.01. The lowest BCUT2D eigenvalue weighted by molar-refractivity contribution is -0.384. The van der Waals surface area contributed by atoms with Gasteiger partial charge in [0.2, 0.25) is 5.91 Å². The molecule has 1 saturated heterocycles. The van der Waals surface area contributed by atoms with Gasteiger partial charge >= 0.3 is 0 Å². The molecule has 0 bridgehead atoms. The minimum Gasteiger partial charge on any atom is -0.362 e. The van der Waals surface area contributed by atoms with E-state index in [9.17, 15) is 14.9 Å². The van der Waals surface area contributed by atoms with Crippen molar-refractivity contribution >= 4 is 51.7 Å². The first-order valence-corrected chi connectivity index (χ1v) is 10.4. The van der Waals surface area contributed by atoms with Crippen molar-refractivity contribution in [3.05, 3.63) is 57.6 Å². The highest BCUT2D eigenvalue weighted by Crippen LogP contribution is 2.31. The number of nitro benzene ring substituents is 1. The Morgan fingerprint density at radius 1 is 1.21 bits per heavy atom. The van der Waals surface area contributed by atoms with Crippen LogP contribution in [0.5, 0.6) is 0 Å². The van der Waals surface area contributed by atoms with E-state index < -0.39 is 4.92 Å². The van der Waals surface area contributed by atoms with E-state index >= 15 is 0 Å². The van der Waals surface area contributed by atoms with Crippen molar-refractivity contribution in [1.82, 2.24) is 14.9 Å². The maximum atomic E-state index is 12.6. The molecule has 0 saturated carbocycles. The molecule has 0 spiro atoms. The summed E-state index contributed by atoms with van der Waals surface area (Å²) in [7, 11) is 0. The predicted octanol–water partition coefficient (Wildman–Crippen LogP) is 3.57. The number of benzene rings is 2. The van der Waals surface area contributed by atoms with Gasteiger partial charge in [-0.3, -0.25) is 14.9 Å². The number of halogens is 1. The van der Waals surface area contributed by atoms with E-state index in [0.717, 1.165) is 16.2 Å². The zero-order valence-corrected chi connectivity index (χ0v) is 16.9. The van der Waals surface area contributed by atoms with Gasteiger partial charge in [-0.1, -0.05) is 35.5 Å². The molecule has 1 amide bonds. The molecule has 4 rings (SSSR count). The Hall–Kier alpha value is -2.78. The van der Waals surface area contributed by atoms with Gasteiger partial charge in [-0.15, -0.1) is 0 Å². The third kappa shape index (κ3) is 4.30. The third-order valence-corrected chi connectivity index (χ3v) is 5.90. The van der Waals surface area contributed by atoms with Crippen molar-refractivity contribution in [3.63, 3.8) is 0 Å². The van der Waals surface area contributed by atoms with Crippen LogP contribution in [0.2, 0.25) is 5.02 Å². The number of imidazole rings is 1. The molecule has 1 aliphatic rings. The van der Waals surface area contributed by atoms with Crippen molar-refractivity contribution in [2.75, 3.05) is 36.8 Å². The average molecular weight is 432 g/mol. The lowest BCUT2D eigenvalue weighted by Crippen LogP contribution is -2.49. The number of para-hydroxylation sites is 2. The summed E-state index contributed by atoms with van der Waals surface area (Å²) in [6, 6.07) is 12.4. The number of thioether (sulfide) groups is 1. The Morgan fingerprint density at radius 3 is 2.69 bits per heavy atom. The van der Waals surface area contributed by atoms with Gasteiger partial charge in [0, 0.05) is 37.3 Å². The van der Waals surface area contributed by atoms with Crippen molar-refractivity contribution in [3.8, 4) is 0 Å². The monoisotopic (exact) mass is 431 g/mol. The van der Waals surface area contributed by atoms with Gasteiger partial charge < -0.3 is 14.8 Å². The van der Waals surface area contributed by atoms with Crippen LogP contribution in [0.25, 0.3) is 11.0 Å². The van der Waals surface area contributed by atoms with Gasteiger partial charge in [0.05, 0.1) is 21.7 Å².